The second-order valence-corrected chi connectivity index (χ2v) is 4.79. The molecule has 1 aromatic heterocycles. The number of hydrogen-bond acceptors (Lipinski definition) is 4. The lowest BCUT2D eigenvalue weighted by Crippen LogP contribution is -2.30. The fraction of sp³-hybridized carbons (Fsp3) is 0.615. The first-order chi connectivity index (χ1) is 8.65. The molecule has 1 unspecified atom stereocenters. The highest BCUT2D eigenvalue weighted by Crippen LogP contribution is 2.19. The van der Waals surface area contributed by atoms with Crippen molar-refractivity contribution in [3.8, 4) is 0 Å². The third-order valence-electron chi connectivity index (χ3n) is 3.39. The maximum Gasteiger partial charge on any atom is 0.255 e. The number of hydrogen-bond donors (Lipinski definition) is 1. The molecule has 0 bridgehead atoms. The first-order valence-corrected chi connectivity index (χ1v) is 6.39. The third-order valence-corrected chi connectivity index (χ3v) is 3.39. The van der Waals surface area contributed by atoms with E-state index in [9.17, 15) is 4.79 Å². The van der Waals surface area contributed by atoms with E-state index in [0.717, 1.165) is 17.8 Å². The largest absolute Gasteiger partial charge is 0.396 e. The number of likely N-dealkylation sites (tertiary alicyclic amines) is 1. The first-order valence-electron chi connectivity index (χ1n) is 6.39. The molecule has 0 radical (unpaired) electrons. The highest BCUT2D eigenvalue weighted by atomic mass is 16.3. The smallest absolute Gasteiger partial charge is 0.255 e. The molecule has 1 aliphatic heterocycles. The van der Waals surface area contributed by atoms with Gasteiger partial charge < -0.3 is 10.0 Å². The number of aliphatic hydroxyl groups excluding tert-OH is 1. The summed E-state index contributed by atoms with van der Waals surface area (Å²) >= 11 is 0. The number of aryl methyl sites for hydroxylation is 2. The zero-order chi connectivity index (χ0) is 13.1. The minimum Gasteiger partial charge on any atom is -0.396 e. The van der Waals surface area contributed by atoms with Crippen molar-refractivity contribution < 1.29 is 9.90 Å². The molecule has 2 heterocycles. The van der Waals surface area contributed by atoms with Gasteiger partial charge in [0.25, 0.3) is 5.91 Å². The molecule has 1 aliphatic rings. The fourth-order valence-electron chi connectivity index (χ4n) is 2.30. The van der Waals surface area contributed by atoms with Gasteiger partial charge >= 0.3 is 0 Å². The molecule has 5 heteroatoms. The number of rotatable bonds is 3. The zero-order valence-electron chi connectivity index (χ0n) is 10.9. The van der Waals surface area contributed by atoms with Crippen LogP contribution in [0.25, 0.3) is 0 Å². The molecule has 98 valence electrons. The molecule has 1 aromatic rings. The molecule has 1 saturated heterocycles. The lowest BCUT2D eigenvalue weighted by molar-refractivity contribution is 0.0780. The maximum atomic E-state index is 12.4. The van der Waals surface area contributed by atoms with Gasteiger partial charge in [0.1, 0.15) is 0 Å². The van der Waals surface area contributed by atoms with Crippen molar-refractivity contribution in [1.29, 1.82) is 0 Å². The summed E-state index contributed by atoms with van der Waals surface area (Å²) < 4.78 is 0. The summed E-state index contributed by atoms with van der Waals surface area (Å²) in [5, 5.41) is 17.2. The van der Waals surface area contributed by atoms with Crippen LogP contribution in [0.5, 0.6) is 0 Å². The molecule has 0 aromatic carbocycles. The van der Waals surface area contributed by atoms with E-state index < -0.39 is 0 Å². The van der Waals surface area contributed by atoms with Gasteiger partial charge in [-0.05, 0) is 25.8 Å². The molecule has 2 rings (SSSR count). The van der Waals surface area contributed by atoms with Gasteiger partial charge in [-0.2, -0.15) is 10.2 Å². The number of aromatic nitrogens is 2. The fourth-order valence-corrected chi connectivity index (χ4v) is 2.30. The van der Waals surface area contributed by atoms with Crippen LogP contribution >= 0.6 is 0 Å². The second-order valence-electron chi connectivity index (χ2n) is 4.79. The SMILES string of the molecule is CCc1nnc(C)cc1C(=O)N1CCC(CO)C1. The minimum atomic E-state index is 0.0146. The predicted octanol–water partition coefficient (Wildman–Crippen LogP) is 0.802. The highest BCUT2D eigenvalue weighted by Gasteiger charge is 2.27. The van der Waals surface area contributed by atoms with Gasteiger partial charge in [0.2, 0.25) is 0 Å². The molecule has 0 spiro atoms. The van der Waals surface area contributed by atoms with Gasteiger partial charge in [-0.15, -0.1) is 0 Å². The van der Waals surface area contributed by atoms with E-state index in [1.807, 2.05) is 13.8 Å². The Morgan fingerprint density at radius 1 is 1.56 bits per heavy atom. The summed E-state index contributed by atoms with van der Waals surface area (Å²) in [6.45, 7) is 5.31. The van der Waals surface area contributed by atoms with E-state index in [1.165, 1.54) is 0 Å². The number of carbonyl (C=O) groups excluding carboxylic acids is 1. The quantitative estimate of drug-likeness (QED) is 0.860. The second kappa shape index (κ2) is 5.44. The van der Waals surface area contributed by atoms with Crippen molar-refractivity contribution in [2.75, 3.05) is 19.7 Å². The maximum absolute atomic E-state index is 12.4. The molecule has 0 aliphatic carbocycles. The first kappa shape index (κ1) is 13.0. The van der Waals surface area contributed by atoms with Crippen LogP contribution in [-0.2, 0) is 6.42 Å². The van der Waals surface area contributed by atoms with Gasteiger partial charge in [0.15, 0.2) is 0 Å². The van der Waals surface area contributed by atoms with E-state index in [4.69, 9.17) is 5.11 Å². The Morgan fingerprint density at radius 3 is 2.94 bits per heavy atom. The Labute approximate surface area is 107 Å². The van der Waals surface area contributed by atoms with Gasteiger partial charge in [0, 0.05) is 25.6 Å². The van der Waals surface area contributed by atoms with Crippen LogP contribution in [0.4, 0.5) is 0 Å². The summed E-state index contributed by atoms with van der Waals surface area (Å²) in [6, 6.07) is 1.81. The van der Waals surface area contributed by atoms with Crippen molar-refractivity contribution in [3.05, 3.63) is 23.0 Å². The summed E-state index contributed by atoms with van der Waals surface area (Å²) in [5.41, 5.74) is 2.16. The summed E-state index contributed by atoms with van der Waals surface area (Å²) in [6.07, 6.45) is 1.58. The average Bonchev–Trinajstić information content (AvgIpc) is 2.86. The molecule has 1 atom stereocenters. The zero-order valence-corrected chi connectivity index (χ0v) is 10.9. The predicted molar refractivity (Wildman–Crippen MR) is 67.2 cm³/mol. The summed E-state index contributed by atoms with van der Waals surface area (Å²) in [7, 11) is 0. The van der Waals surface area contributed by atoms with E-state index in [2.05, 4.69) is 10.2 Å². The molecule has 1 N–H and O–H groups in total. The monoisotopic (exact) mass is 249 g/mol. The Kier molecular flexibility index (Phi) is 3.91. The topological polar surface area (TPSA) is 66.3 Å². The summed E-state index contributed by atoms with van der Waals surface area (Å²) in [4.78, 5) is 14.2. The van der Waals surface area contributed by atoms with E-state index in [0.29, 0.717) is 25.1 Å². The molecule has 18 heavy (non-hydrogen) atoms. The van der Waals surface area contributed by atoms with Gasteiger partial charge in [-0.1, -0.05) is 6.92 Å². The van der Waals surface area contributed by atoms with Crippen LogP contribution in [0, 0.1) is 12.8 Å². The molecular weight excluding hydrogens is 230 g/mol. The van der Waals surface area contributed by atoms with Crippen molar-refractivity contribution >= 4 is 5.91 Å². The Morgan fingerprint density at radius 2 is 2.33 bits per heavy atom. The van der Waals surface area contributed by atoms with Crippen molar-refractivity contribution in [2.45, 2.75) is 26.7 Å². The lowest BCUT2D eigenvalue weighted by Gasteiger charge is -2.17. The van der Waals surface area contributed by atoms with Crippen LogP contribution < -0.4 is 0 Å². The molecular formula is C13H19N3O2. The molecule has 0 saturated carbocycles. The van der Waals surface area contributed by atoms with Crippen LogP contribution in [0.1, 0.15) is 35.1 Å². The number of aliphatic hydroxyl groups is 1. The van der Waals surface area contributed by atoms with Crippen molar-refractivity contribution in [1.82, 2.24) is 15.1 Å². The molecule has 1 amide bonds. The Bertz CT molecular complexity index is 448. The van der Waals surface area contributed by atoms with Crippen LogP contribution in [0.2, 0.25) is 0 Å². The van der Waals surface area contributed by atoms with Crippen molar-refractivity contribution in [2.24, 2.45) is 5.92 Å². The van der Waals surface area contributed by atoms with E-state index in [-0.39, 0.29) is 18.4 Å². The minimum absolute atomic E-state index is 0.0146. The molecule has 1 fully saturated rings. The molecule has 5 nitrogen and oxygen atoms in total. The van der Waals surface area contributed by atoms with Crippen LogP contribution in [0.3, 0.4) is 0 Å². The number of carbonyl (C=O) groups is 1. The van der Waals surface area contributed by atoms with E-state index >= 15 is 0 Å². The van der Waals surface area contributed by atoms with Gasteiger partial charge in [0.05, 0.1) is 17.0 Å². The van der Waals surface area contributed by atoms with Gasteiger partial charge in [-0.3, -0.25) is 4.79 Å². The van der Waals surface area contributed by atoms with Gasteiger partial charge in [-0.25, -0.2) is 0 Å². The standard InChI is InChI=1S/C13H19N3O2/c1-3-12-11(6-9(2)14-15-12)13(18)16-5-4-10(7-16)8-17/h6,10,17H,3-5,7-8H2,1-2H3. The third kappa shape index (κ3) is 2.51. The van der Waals surface area contributed by atoms with Crippen molar-refractivity contribution in [3.63, 3.8) is 0 Å². The lowest BCUT2D eigenvalue weighted by atomic mass is 10.1. The average molecular weight is 249 g/mol. The highest BCUT2D eigenvalue weighted by molar-refractivity contribution is 5.95. The Hall–Kier alpha value is -1.49. The normalized spacial score (nSPS) is 19.3. The van der Waals surface area contributed by atoms with Crippen LogP contribution in [0.15, 0.2) is 6.07 Å². The number of nitrogens with zero attached hydrogens (tertiary/aromatic N) is 3. The Balaban J connectivity index is 2.21. The summed E-state index contributed by atoms with van der Waals surface area (Å²) in [5.74, 6) is 0.232. The van der Waals surface area contributed by atoms with E-state index in [1.54, 1.807) is 11.0 Å². The number of amides is 1. The van der Waals surface area contributed by atoms with Crippen LogP contribution in [-0.4, -0.2) is 45.8 Å².